The van der Waals surface area contributed by atoms with Gasteiger partial charge in [-0.05, 0) is 17.7 Å². The number of hydrogen-bond acceptors (Lipinski definition) is 8. The van der Waals surface area contributed by atoms with Crippen LogP contribution in [0.15, 0.2) is 52.8 Å². The van der Waals surface area contributed by atoms with E-state index in [1.165, 1.54) is 33.0 Å². The second-order valence-electron chi connectivity index (χ2n) is 7.87. The topological polar surface area (TPSA) is 124 Å². The average molecular weight is 616 g/mol. The number of thioether (sulfide) groups is 2. The number of β-lactam (4-membered cyclic amide) rings is 1. The third-order valence-electron chi connectivity index (χ3n) is 5.44. The SMILES string of the molecule is O=P#CC(O)[n+]1ccc(SCC2=C(C(=O)O)N3C(=O)[C@@H](NC(=S)Cc4cc(Cl)nc(Cl)c4)[C@H]3SC2)cc1. The van der Waals surface area contributed by atoms with Crippen molar-refractivity contribution in [3.63, 3.8) is 0 Å². The van der Waals surface area contributed by atoms with E-state index in [0.717, 1.165) is 10.5 Å². The van der Waals surface area contributed by atoms with Gasteiger partial charge in [0.05, 0.1) is 4.99 Å². The van der Waals surface area contributed by atoms with E-state index in [-0.39, 0.29) is 27.3 Å². The van der Waals surface area contributed by atoms with E-state index in [1.807, 2.05) is 0 Å². The van der Waals surface area contributed by atoms with Gasteiger partial charge < -0.3 is 5.32 Å². The summed E-state index contributed by atoms with van der Waals surface area (Å²) in [5.74, 6) is -0.699. The van der Waals surface area contributed by atoms with Crippen LogP contribution in [0.25, 0.3) is 0 Å². The van der Waals surface area contributed by atoms with Crippen molar-refractivity contribution in [2.45, 2.75) is 29.0 Å². The average Bonchev–Trinajstić information content (AvgIpc) is 2.85. The van der Waals surface area contributed by atoms with E-state index in [4.69, 9.17) is 35.4 Å². The summed E-state index contributed by atoms with van der Waals surface area (Å²) in [7, 11) is -0.397. The molecule has 3 N–H and O–H groups in total. The second-order valence-corrected chi connectivity index (χ2v) is 11.7. The molecule has 4 rings (SSSR count). The molecule has 2 aromatic heterocycles. The molecule has 0 bridgehead atoms. The zero-order valence-corrected chi connectivity index (χ0v) is 23.6. The van der Waals surface area contributed by atoms with Gasteiger partial charge in [0, 0.05) is 6.42 Å². The number of nitrogens with one attached hydrogen (secondary N) is 1. The van der Waals surface area contributed by atoms with Crippen molar-refractivity contribution < 1.29 is 28.9 Å². The molecule has 0 radical (unpaired) electrons. The quantitative estimate of drug-likeness (QED) is 0.102. The van der Waals surface area contributed by atoms with Gasteiger partial charge >= 0.3 is 142 Å². The number of halogens is 2. The van der Waals surface area contributed by atoms with Crippen LogP contribution in [0.2, 0.25) is 10.3 Å². The Kier molecular flexibility index (Phi) is 9.37. The monoisotopic (exact) mass is 615 g/mol. The number of carboxylic acids is 1. The first kappa shape index (κ1) is 28.1. The number of thiocarbonyl (C=S) groups is 1. The molecule has 37 heavy (non-hydrogen) atoms. The molecule has 0 saturated carbocycles. The van der Waals surface area contributed by atoms with Crippen molar-refractivity contribution >= 4 is 83.7 Å². The van der Waals surface area contributed by atoms with Crippen LogP contribution >= 0.6 is 66.9 Å². The van der Waals surface area contributed by atoms with Gasteiger partial charge in [0.2, 0.25) is 0 Å². The number of rotatable bonds is 8. The molecule has 192 valence electrons. The molecule has 0 aromatic carbocycles. The number of aliphatic hydroxyl groups is 1. The summed E-state index contributed by atoms with van der Waals surface area (Å²) in [6.45, 7) is 0. The van der Waals surface area contributed by atoms with E-state index >= 15 is 0 Å². The molecule has 9 nitrogen and oxygen atoms in total. The fourth-order valence-corrected chi connectivity index (χ4v) is 7.18. The van der Waals surface area contributed by atoms with Crippen molar-refractivity contribution in [3.8, 4) is 5.63 Å². The van der Waals surface area contributed by atoms with Crippen LogP contribution in [0.3, 0.4) is 0 Å². The minimum absolute atomic E-state index is 0.00186. The summed E-state index contributed by atoms with van der Waals surface area (Å²) in [5.41, 5.74) is 3.70. The number of aliphatic carboxylic acids is 1. The molecule has 1 amide bonds. The number of nitrogens with zero attached hydrogens (tertiary/aromatic N) is 3. The summed E-state index contributed by atoms with van der Waals surface area (Å²) >= 11 is 20.2. The third-order valence-corrected chi connectivity index (χ3v) is 8.86. The molecule has 3 atom stereocenters. The van der Waals surface area contributed by atoms with Crippen LogP contribution in [-0.4, -0.2) is 59.9 Å². The minimum atomic E-state index is -1.16. The van der Waals surface area contributed by atoms with E-state index in [0.29, 0.717) is 28.5 Å². The van der Waals surface area contributed by atoms with Crippen molar-refractivity contribution in [1.82, 2.24) is 15.2 Å². The van der Waals surface area contributed by atoms with E-state index < -0.39 is 26.2 Å². The Hall–Kier alpha value is -1.88. The van der Waals surface area contributed by atoms with Crippen molar-refractivity contribution in [3.05, 3.63) is 63.8 Å². The first-order valence-corrected chi connectivity index (χ1v) is 14.6. The molecule has 2 aliphatic rings. The van der Waals surface area contributed by atoms with Gasteiger partial charge in [0.25, 0.3) is 0 Å². The maximum absolute atomic E-state index is 13.0. The first-order valence-electron chi connectivity index (χ1n) is 10.6. The van der Waals surface area contributed by atoms with Crippen molar-refractivity contribution in [1.29, 1.82) is 0 Å². The van der Waals surface area contributed by atoms with Gasteiger partial charge in [-0.2, -0.15) is 0 Å². The number of carboxylic acid groups (broad SMARTS) is 1. The van der Waals surface area contributed by atoms with Gasteiger partial charge in [0.1, 0.15) is 16.3 Å². The van der Waals surface area contributed by atoms with Gasteiger partial charge in [-0.15, -0.1) is 0 Å². The molecule has 1 fully saturated rings. The van der Waals surface area contributed by atoms with Crippen LogP contribution in [0.4, 0.5) is 0 Å². The number of amides is 1. The molecular weight excluding hydrogens is 598 g/mol. The summed E-state index contributed by atoms with van der Waals surface area (Å²) in [6, 6.07) is 6.13. The summed E-state index contributed by atoms with van der Waals surface area (Å²) in [5, 5.41) is 22.8. The third kappa shape index (κ3) is 6.58. The predicted molar refractivity (Wildman–Crippen MR) is 145 cm³/mol. The molecule has 0 aliphatic carbocycles. The number of aromatic nitrogens is 2. The zero-order valence-electron chi connectivity index (χ0n) is 18.7. The molecular formula is C22H18Cl2N4O5PS3+. The Morgan fingerprint density at radius 3 is 2.68 bits per heavy atom. The predicted octanol–water partition coefficient (Wildman–Crippen LogP) is 3.29. The number of aliphatic hydroxyl groups excluding tert-OH is 1. The zero-order chi connectivity index (χ0) is 26.7. The number of fused-ring (bicyclic) bond motifs is 1. The maximum atomic E-state index is 13.0. The summed E-state index contributed by atoms with van der Waals surface area (Å²) in [6.07, 6.45) is 2.38. The van der Waals surface area contributed by atoms with Gasteiger partial charge in [-0.3, -0.25) is 4.79 Å². The number of hydrogen-bond donors (Lipinski definition) is 3. The van der Waals surface area contributed by atoms with Gasteiger partial charge in [-0.25, -0.2) is 4.98 Å². The van der Waals surface area contributed by atoms with E-state index in [1.54, 1.807) is 36.7 Å². The van der Waals surface area contributed by atoms with Gasteiger partial charge in [-0.1, -0.05) is 35.4 Å². The Labute approximate surface area is 236 Å². The van der Waals surface area contributed by atoms with Crippen LogP contribution in [-0.2, 0) is 20.6 Å². The standard InChI is InChI=1S/C22H17Cl2N4O5PS3/c23-14-5-11(6-15(24)25-14)7-16(35)26-18-20(30)28-19(22(31)32)12(10-37-21(18)28)9-36-13-1-3-27(4-2-13)17(29)8-34-33/h1-6,17-18,21,29H,7,9-10H2,(H-,26,31,32,35)/p+1/t17?,18-,21-/m1/s1. The molecule has 1 saturated heterocycles. The Morgan fingerprint density at radius 2 is 2.05 bits per heavy atom. The molecule has 0 spiro atoms. The van der Waals surface area contributed by atoms with Crippen LogP contribution in [0.5, 0.6) is 0 Å². The summed E-state index contributed by atoms with van der Waals surface area (Å²) < 4.78 is 12.0. The van der Waals surface area contributed by atoms with Crippen molar-refractivity contribution in [2.24, 2.45) is 0 Å². The molecule has 2 aromatic rings. The van der Waals surface area contributed by atoms with Crippen molar-refractivity contribution in [2.75, 3.05) is 11.5 Å². The second kappa shape index (κ2) is 12.3. The van der Waals surface area contributed by atoms with Crippen LogP contribution in [0.1, 0.15) is 11.8 Å². The molecule has 2 aliphatic heterocycles. The molecule has 4 heterocycles. The van der Waals surface area contributed by atoms with Crippen LogP contribution in [0, 0.1) is 5.63 Å². The normalized spacial score (nSPS) is 19.4. The molecule has 1 unspecified atom stereocenters. The van der Waals surface area contributed by atoms with E-state index in [9.17, 15) is 24.4 Å². The first-order chi connectivity index (χ1) is 17.7. The van der Waals surface area contributed by atoms with Crippen LogP contribution < -0.4 is 9.88 Å². The fraction of sp³-hybridized carbons (Fsp3) is 0.273. The Balaban J connectivity index is 1.41. The van der Waals surface area contributed by atoms with Gasteiger partial charge in [0.15, 0.2) is 0 Å². The fourth-order valence-electron chi connectivity index (χ4n) is 3.79. The number of pyridine rings is 2. The molecule has 15 heteroatoms. The summed E-state index contributed by atoms with van der Waals surface area (Å²) in [4.78, 5) is 31.5. The Morgan fingerprint density at radius 1 is 1.38 bits per heavy atom. The number of carbonyl (C=O) groups is 2. The number of carbonyl (C=O) groups excluding carboxylic acids is 1. The van der Waals surface area contributed by atoms with E-state index in [2.05, 4.69) is 15.9 Å². The Bertz CT molecular complexity index is 1390.